The third-order valence-electron chi connectivity index (χ3n) is 3.80. The summed E-state index contributed by atoms with van der Waals surface area (Å²) in [6, 6.07) is 0. The molecular weight excluding hydrogens is 307 g/mol. The number of allylic oxidation sites excluding steroid dienone is 6. The van der Waals surface area contributed by atoms with E-state index in [0.29, 0.717) is 0 Å². The van der Waals surface area contributed by atoms with Gasteiger partial charge < -0.3 is 0 Å². The van der Waals surface area contributed by atoms with Crippen LogP contribution in [0, 0.1) is 11.8 Å². The molecule has 0 amide bonds. The van der Waals surface area contributed by atoms with E-state index in [2.05, 4.69) is 54.7 Å². The number of rotatable bonds is 3. The van der Waals surface area contributed by atoms with Crippen molar-refractivity contribution in [2.24, 2.45) is 11.8 Å². The molecule has 2 aliphatic carbocycles. The number of fused-ring (bicyclic) bond motifs is 1. The van der Waals surface area contributed by atoms with Crippen LogP contribution in [0.1, 0.15) is 46.0 Å². The zero-order valence-electron chi connectivity index (χ0n) is 10.3. The van der Waals surface area contributed by atoms with Gasteiger partial charge in [-0.05, 0) is 69.4 Å². The lowest BCUT2D eigenvalue weighted by atomic mass is 9.73. The molecule has 16 heavy (non-hydrogen) atoms. The van der Waals surface area contributed by atoms with Crippen molar-refractivity contribution in [2.75, 3.05) is 0 Å². The highest BCUT2D eigenvalue weighted by Crippen LogP contribution is 2.45. The maximum Gasteiger partial charge on any atom is 0.00558 e. The summed E-state index contributed by atoms with van der Waals surface area (Å²) in [6.45, 7) is 4.60. The Kier molecular flexibility index (Phi) is 4.28. The maximum atomic E-state index is 2.57. The lowest BCUT2D eigenvalue weighted by Gasteiger charge is -2.34. The van der Waals surface area contributed by atoms with Crippen molar-refractivity contribution in [3.63, 3.8) is 0 Å². The summed E-state index contributed by atoms with van der Waals surface area (Å²) >= 11 is 2.57. The van der Waals surface area contributed by atoms with Crippen LogP contribution in [-0.2, 0) is 0 Å². The summed E-state index contributed by atoms with van der Waals surface area (Å²) in [4.78, 5) is 0. The van der Waals surface area contributed by atoms with Gasteiger partial charge >= 0.3 is 0 Å². The van der Waals surface area contributed by atoms with Crippen LogP contribution < -0.4 is 0 Å². The Labute approximate surface area is 113 Å². The average Bonchev–Trinajstić information content (AvgIpc) is 2.30. The third kappa shape index (κ3) is 2.29. The lowest BCUT2D eigenvalue weighted by molar-refractivity contribution is 0.455. The molecule has 88 valence electrons. The largest absolute Gasteiger partial charge is 0.0879 e. The van der Waals surface area contributed by atoms with E-state index >= 15 is 0 Å². The van der Waals surface area contributed by atoms with Crippen molar-refractivity contribution in [3.05, 3.63) is 33.0 Å². The summed E-state index contributed by atoms with van der Waals surface area (Å²) in [5.74, 6) is 1.51. The second kappa shape index (κ2) is 5.52. The first-order valence-corrected chi connectivity index (χ1v) is 7.61. The first-order chi connectivity index (χ1) is 7.77. The van der Waals surface area contributed by atoms with Crippen molar-refractivity contribution in [1.29, 1.82) is 0 Å². The van der Waals surface area contributed by atoms with E-state index in [4.69, 9.17) is 0 Å². The van der Waals surface area contributed by atoms with Gasteiger partial charge in [-0.1, -0.05) is 38.0 Å². The molecule has 0 saturated heterocycles. The standard InChI is InChI=1S/C15H21I/c1-3-7-11-10-15(16)14-9-6-5-8-13(14)12(11)4-2/h5,8,10,13-14H,3-4,6-7,9H2,1-2H3. The van der Waals surface area contributed by atoms with E-state index in [0.717, 1.165) is 11.8 Å². The molecule has 0 nitrogen and oxygen atoms in total. The molecule has 2 rings (SSSR count). The van der Waals surface area contributed by atoms with Gasteiger partial charge in [0.2, 0.25) is 0 Å². The van der Waals surface area contributed by atoms with Gasteiger partial charge in [0.15, 0.2) is 0 Å². The van der Waals surface area contributed by atoms with E-state index in [1.807, 2.05) is 0 Å². The van der Waals surface area contributed by atoms with Gasteiger partial charge in [-0.15, -0.1) is 0 Å². The Morgan fingerprint density at radius 3 is 2.88 bits per heavy atom. The van der Waals surface area contributed by atoms with Crippen LogP contribution in [0.15, 0.2) is 33.0 Å². The predicted octanol–water partition coefficient (Wildman–Crippen LogP) is 5.41. The fraction of sp³-hybridized carbons (Fsp3) is 0.600. The summed E-state index contributed by atoms with van der Waals surface area (Å²) in [6.07, 6.45) is 13.7. The fourth-order valence-corrected chi connectivity index (χ4v) is 4.12. The van der Waals surface area contributed by atoms with Gasteiger partial charge in [-0.3, -0.25) is 0 Å². The molecule has 0 radical (unpaired) electrons. The van der Waals surface area contributed by atoms with Crippen molar-refractivity contribution in [1.82, 2.24) is 0 Å². The topological polar surface area (TPSA) is 0 Å². The highest BCUT2D eigenvalue weighted by Gasteiger charge is 2.30. The van der Waals surface area contributed by atoms with Crippen molar-refractivity contribution < 1.29 is 0 Å². The molecule has 0 N–H and O–H groups in total. The molecule has 2 aliphatic rings. The van der Waals surface area contributed by atoms with Gasteiger partial charge in [0.25, 0.3) is 0 Å². The molecule has 2 unspecified atom stereocenters. The maximum absolute atomic E-state index is 2.57. The molecule has 0 saturated carbocycles. The highest BCUT2D eigenvalue weighted by atomic mass is 127. The van der Waals surface area contributed by atoms with E-state index in [1.54, 1.807) is 14.7 Å². The minimum Gasteiger partial charge on any atom is -0.0879 e. The minimum absolute atomic E-state index is 0.720. The molecule has 0 spiro atoms. The Hall–Kier alpha value is -0.0500. The molecule has 0 bridgehead atoms. The molecule has 1 heteroatoms. The van der Waals surface area contributed by atoms with Crippen LogP contribution in [0.3, 0.4) is 0 Å². The van der Waals surface area contributed by atoms with Crippen LogP contribution >= 0.6 is 22.6 Å². The molecule has 0 aromatic rings. The Bertz CT molecular complexity index is 346. The Balaban J connectivity index is 2.37. The van der Waals surface area contributed by atoms with E-state index in [1.165, 1.54) is 32.1 Å². The van der Waals surface area contributed by atoms with Crippen LogP contribution in [0.25, 0.3) is 0 Å². The number of halogens is 1. The zero-order valence-corrected chi connectivity index (χ0v) is 12.5. The quantitative estimate of drug-likeness (QED) is 0.480. The van der Waals surface area contributed by atoms with E-state index in [9.17, 15) is 0 Å². The average molecular weight is 328 g/mol. The van der Waals surface area contributed by atoms with Gasteiger partial charge in [-0.25, -0.2) is 0 Å². The zero-order chi connectivity index (χ0) is 11.5. The first kappa shape index (κ1) is 12.4. The monoisotopic (exact) mass is 328 g/mol. The minimum atomic E-state index is 0.720. The summed E-state index contributed by atoms with van der Waals surface area (Å²) in [7, 11) is 0. The lowest BCUT2D eigenvalue weighted by Crippen LogP contribution is -2.22. The third-order valence-corrected chi connectivity index (χ3v) is 4.91. The molecule has 0 fully saturated rings. The van der Waals surface area contributed by atoms with Crippen LogP contribution in [0.4, 0.5) is 0 Å². The van der Waals surface area contributed by atoms with Gasteiger partial charge in [0.05, 0.1) is 0 Å². The van der Waals surface area contributed by atoms with Gasteiger partial charge in [-0.2, -0.15) is 0 Å². The molecule has 0 heterocycles. The summed E-state index contributed by atoms with van der Waals surface area (Å²) < 4.78 is 1.59. The molecular formula is C15H21I. The first-order valence-electron chi connectivity index (χ1n) is 6.53. The van der Waals surface area contributed by atoms with Crippen LogP contribution in [0.2, 0.25) is 0 Å². The second-order valence-electron chi connectivity index (χ2n) is 4.82. The van der Waals surface area contributed by atoms with Crippen LogP contribution in [0.5, 0.6) is 0 Å². The van der Waals surface area contributed by atoms with Gasteiger partial charge in [0.1, 0.15) is 0 Å². The fourth-order valence-electron chi connectivity index (χ4n) is 3.05. The summed E-state index contributed by atoms with van der Waals surface area (Å²) in [5.41, 5.74) is 3.34. The SMILES string of the molecule is CCCC1=C(CC)C2C=CCCC2C(I)=C1. The molecule has 0 aromatic carbocycles. The highest BCUT2D eigenvalue weighted by molar-refractivity contribution is 14.1. The molecule has 0 aromatic heterocycles. The summed E-state index contributed by atoms with van der Waals surface area (Å²) in [5, 5.41) is 0. The second-order valence-corrected chi connectivity index (χ2v) is 6.07. The Morgan fingerprint density at radius 1 is 1.38 bits per heavy atom. The van der Waals surface area contributed by atoms with Crippen molar-refractivity contribution in [2.45, 2.75) is 46.0 Å². The van der Waals surface area contributed by atoms with Gasteiger partial charge in [0, 0.05) is 5.92 Å². The normalized spacial score (nSPS) is 29.1. The van der Waals surface area contributed by atoms with Crippen molar-refractivity contribution in [3.8, 4) is 0 Å². The predicted molar refractivity (Wildman–Crippen MR) is 79.7 cm³/mol. The van der Waals surface area contributed by atoms with Crippen molar-refractivity contribution >= 4 is 22.6 Å². The smallest absolute Gasteiger partial charge is 0.00558 e. The Morgan fingerprint density at radius 2 is 2.19 bits per heavy atom. The van der Waals surface area contributed by atoms with E-state index < -0.39 is 0 Å². The number of hydrogen-bond acceptors (Lipinski definition) is 0. The molecule has 2 atom stereocenters. The van der Waals surface area contributed by atoms with Crippen LogP contribution in [-0.4, -0.2) is 0 Å². The van der Waals surface area contributed by atoms with E-state index in [-0.39, 0.29) is 0 Å². The molecule has 0 aliphatic heterocycles. The number of hydrogen-bond donors (Lipinski definition) is 0.